The van der Waals surface area contributed by atoms with Crippen LogP contribution < -0.4 is 0 Å². The largest absolute Gasteiger partial charge is 0.507 e. The molecule has 1 aromatic carbocycles. The third-order valence-electron chi connectivity index (χ3n) is 4.03. The van der Waals surface area contributed by atoms with Crippen LogP contribution in [0, 0.1) is 0 Å². The highest BCUT2D eigenvalue weighted by molar-refractivity contribution is 5.76. The zero-order valence-electron chi connectivity index (χ0n) is 14.9. The summed E-state index contributed by atoms with van der Waals surface area (Å²) in [5, 5.41) is 20.2. The van der Waals surface area contributed by atoms with Crippen LogP contribution in [0.3, 0.4) is 0 Å². The number of rotatable bonds is 4. The normalized spacial score (nSPS) is 14.0. The van der Waals surface area contributed by atoms with Crippen molar-refractivity contribution < 1.29 is 15.0 Å². The average Bonchev–Trinajstić information content (AvgIpc) is 2.33. The van der Waals surface area contributed by atoms with Crippen molar-refractivity contribution in [2.45, 2.75) is 78.1 Å². The van der Waals surface area contributed by atoms with E-state index < -0.39 is 11.9 Å². The molecule has 0 saturated carbocycles. The molecule has 0 aliphatic heterocycles. The van der Waals surface area contributed by atoms with Crippen LogP contribution in [0.1, 0.15) is 83.9 Å². The van der Waals surface area contributed by atoms with Crippen molar-refractivity contribution in [3.05, 3.63) is 28.8 Å². The summed E-state index contributed by atoms with van der Waals surface area (Å²) in [5.41, 5.74) is 1.95. The number of aromatic hydroxyl groups is 1. The predicted octanol–water partition coefficient (Wildman–Crippen LogP) is 4.96. The van der Waals surface area contributed by atoms with E-state index >= 15 is 0 Å². The molecule has 0 bridgehead atoms. The Balaban J connectivity index is 3.63. The van der Waals surface area contributed by atoms with Gasteiger partial charge in [0.2, 0.25) is 0 Å². The number of carboxylic acid groups (broad SMARTS) is 1. The van der Waals surface area contributed by atoms with Crippen LogP contribution in [0.25, 0.3) is 0 Å². The Morgan fingerprint density at radius 2 is 1.45 bits per heavy atom. The van der Waals surface area contributed by atoms with Crippen LogP contribution in [0.15, 0.2) is 12.1 Å². The van der Waals surface area contributed by atoms with Gasteiger partial charge in [0.15, 0.2) is 0 Å². The van der Waals surface area contributed by atoms with Gasteiger partial charge in [-0.1, -0.05) is 67.0 Å². The van der Waals surface area contributed by atoms with Crippen LogP contribution in [0.4, 0.5) is 0 Å². The van der Waals surface area contributed by atoms with Gasteiger partial charge in [-0.25, -0.2) is 0 Å². The molecule has 22 heavy (non-hydrogen) atoms. The Labute approximate surface area is 134 Å². The van der Waals surface area contributed by atoms with Crippen molar-refractivity contribution >= 4 is 5.97 Å². The van der Waals surface area contributed by atoms with Crippen LogP contribution in [0.2, 0.25) is 0 Å². The maximum atomic E-state index is 11.6. The number of aliphatic carboxylic acids is 1. The monoisotopic (exact) mass is 306 g/mol. The van der Waals surface area contributed by atoms with Gasteiger partial charge in [0, 0.05) is 0 Å². The Hall–Kier alpha value is -1.51. The third-order valence-corrected chi connectivity index (χ3v) is 4.03. The first-order chi connectivity index (χ1) is 9.89. The van der Waals surface area contributed by atoms with Crippen LogP contribution in [0.5, 0.6) is 5.75 Å². The van der Waals surface area contributed by atoms with Gasteiger partial charge in [0.05, 0.1) is 5.92 Å². The molecule has 3 heteroatoms. The van der Waals surface area contributed by atoms with E-state index in [0.29, 0.717) is 12.2 Å². The highest BCUT2D eigenvalue weighted by Crippen LogP contribution is 2.41. The lowest BCUT2D eigenvalue weighted by atomic mass is 9.76. The SMILES string of the molecule is CCCC(C(=O)O)c1cc(C(C)(C)C)c(O)c(C(C)(C)C)c1. The highest BCUT2D eigenvalue weighted by atomic mass is 16.4. The molecule has 1 unspecified atom stereocenters. The minimum absolute atomic E-state index is 0.241. The number of benzene rings is 1. The molecule has 0 heterocycles. The summed E-state index contributed by atoms with van der Waals surface area (Å²) < 4.78 is 0. The van der Waals surface area contributed by atoms with Gasteiger partial charge in [0.25, 0.3) is 0 Å². The first-order valence-electron chi connectivity index (χ1n) is 8.00. The summed E-state index contributed by atoms with van der Waals surface area (Å²) >= 11 is 0. The van der Waals surface area contributed by atoms with Gasteiger partial charge in [-0.3, -0.25) is 4.79 Å². The van der Waals surface area contributed by atoms with E-state index in [-0.39, 0.29) is 10.8 Å². The zero-order chi connectivity index (χ0) is 17.3. The van der Waals surface area contributed by atoms with E-state index in [2.05, 4.69) is 0 Å². The summed E-state index contributed by atoms with van der Waals surface area (Å²) in [6.45, 7) is 14.2. The standard InChI is InChI=1S/C19H30O3/c1-8-9-13(17(21)22)12-10-14(18(2,3)4)16(20)15(11-12)19(5,6)7/h10-11,13,20H,8-9H2,1-7H3,(H,21,22). The van der Waals surface area contributed by atoms with E-state index in [4.69, 9.17) is 0 Å². The zero-order valence-corrected chi connectivity index (χ0v) is 14.9. The van der Waals surface area contributed by atoms with Crippen molar-refractivity contribution in [1.29, 1.82) is 0 Å². The first kappa shape index (κ1) is 18.5. The number of carbonyl (C=O) groups is 1. The van der Waals surface area contributed by atoms with Crippen LogP contribution in [-0.4, -0.2) is 16.2 Å². The number of phenols is 1. The van der Waals surface area contributed by atoms with Crippen molar-refractivity contribution in [2.75, 3.05) is 0 Å². The molecule has 1 atom stereocenters. The molecular weight excluding hydrogens is 276 g/mol. The summed E-state index contributed by atoms with van der Waals surface area (Å²) in [4.78, 5) is 11.6. The summed E-state index contributed by atoms with van der Waals surface area (Å²) in [7, 11) is 0. The summed E-state index contributed by atoms with van der Waals surface area (Å²) in [6.07, 6.45) is 1.42. The minimum atomic E-state index is -0.799. The second-order valence-corrected chi connectivity index (χ2v) is 8.14. The minimum Gasteiger partial charge on any atom is -0.507 e. The molecule has 0 spiro atoms. The van der Waals surface area contributed by atoms with Gasteiger partial charge in [-0.05, 0) is 33.9 Å². The molecule has 0 amide bonds. The molecular formula is C19H30O3. The molecule has 2 N–H and O–H groups in total. The van der Waals surface area contributed by atoms with E-state index in [1.807, 2.05) is 60.6 Å². The highest BCUT2D eigenvalue weighted by Gasteiger charge is 2.29. The van der Waals surface area contributed by atoms with E-state index in [1.165, 1.54) is 0 Å². The second kappa shape index (κ2) is 6.31. The molecule has 3 nitrogen and oxygen atoms in total. The second-order valence-electron chi connectivity index (χ2n) is 8.14. The van der Waals surface area contributed by atoms with Gasteiger partial charge >= 0.3 is 5.97 Å². The fraction of sp³-hybridized carbons (Fsp3) is 0.632. The van der Waals surface area contributed by atoms with E-state index in [1.54, 1.807) is 0 Å². The lowest BCUT2D eigenvalue weighted by Crippen LogP contribution is -2.20. The van der Waals surface area contributed by atoms with Gasteiger partial charge in [0.1, 0.15) is 5.75 Å². The summed E-state index contributed by atoms with van der Waals surface area (Å²) in [5.74, 6) is -1.02. The molecule has 1 aromatic rings. The van der Waals surface area contributed by atoms with Gasteiger partial charge < -0.3 is 10.2 Å². The predicted molar refractivity (Wildman–Crippen MR) is 90.8 cm³/mol. The fourth-order valence-corrected chi connectivity index (χ4v) is 2.72. The topological polar surface area (TPSA) is 57.5 Å². The molecule has 0 aromatic heterocycles. The van der Waals surface area contributed by atoms with Crippen LogP contribution >= 0.6 is 0 Å². The van der Waals surface area contributed by atoms with Crippen molar-refractivity contribution in [3.8, 4) is 5.75 Å². The number of phenolic OH excluding ortho intramolecular Hbond substituents is 1. The smallest absolute Gasteiger partial charge is 0.310 e. The lowest BCUT2D eigenvalue weighted by molar-refractivity contribution is -0.139. The Morgan fingerprint density at radius 3 is 1.73 bits per heavy atom. The van der Waals surface area contributed by atoms with Gasteiger partial charge in [-0.15, -0.1) is 0 Å². The lowest BCUT2D eigenvalue weighted by Gasteiger charge is -2.29. The van der Waals surface area contributed by atoms with Crippen LogP contribution in [-0.2, 0) is 15.6 Å². The Kier molecular flexibility index (Phi) is 5.32. The maximum absolute atomic E-state index is 11.6. The van der Waals surface area contributed by atoms with Gasteiger partial charge in [-0.2, -0.15) is 0 Å². The third kappa shape index (κ3) is 4.02. The Morgan fingerprint density at radius 1 is 1.05 bits per heavy atom. The quantitative estimate of drug-likeness (QED) is 0.827. The molecule has 0 aliphatic rings. The van der Waals surface area contributed by atoms with E-state index in [0.717, 1.165) is 23.1 Å². The maximum Gasteiger partial charge on any atom is 0.310 e. The fourth-order valence-electron chi connectivity index (χ4n) is 2.72. The first-order valence-corrected chi connectivity index (χ1v) is 8.00. The Bertz CT molecular complexity index is 510. The van der Waals surface area contributed by atoms with E-state index in [9.17, 15) is 15.0 Å². The number of hydrogen-bond acceptors (Lipinski definition) is 2. The average molecular weight is 306 g/mol. The molecule has 0 saturated heterocycles. The van der Waals surface area contributed by atoms with Crippen molar-refractivity contribution in [3.63, 3.8) is 0 Å². The summed E-state index contributed by atoms with van der Waals surface area (Å²) in [6, 6.07) is 3.75. The number of carboxylic acids is 1. The molecule has 1 rings (SSSR count). The molecule has 124 valence electrons. The number of hydrogen-bond donors (Lipinski definition) is 2. The van der Waals surface area contributed by atoms with Crippen molar-refractivity contribution in [2.24, 2.45) is 0 Å². The van der Waals surface area contributed by atoms with Crippen molar-refractivity contribution in [1.82, 2.24) is 0 Å². The molecule has 0 radical (unpaired) electrons. The molecule has 0 fully saturated rings. The molecule has 0 aliphatic carbocycles.